The molecule has 0 aliphatic heterocycles. The number of rotatable bonds is 7. The molecule has 4 nitrogen and oxygen atoms in total. The number of esters is 1. The van der Waals surface area contributed by atoms with Crippen LogP contribution in [0.1, 0.15) is 50.7 Å². The van der Waals surface area contributed by atoms with Gasteiger partial charge < -0.3 is 10.1 Å². The fourth-order valence-corrected chi connectivity index (χ4v) is 2.80. The van der Waals surface area contributed by atoms with E-state index >= 15 is 0 Å². The minimum Gasteiger partial charge on any atom is -0.469 e. The second-order valence-electron chi connectivity index (χ2n) is 7.54. The molecule has 0 aromatic heterocycles. The molecule has 0 fully saturated rings. The van der Waals surface area contributed by atoms with Gasteiger partial charge in [-0.15, -0.1) is 0 Å². The molecule has 0 saturated heterocycles. The summed E-state index contributed by atoms with van der Waals surface area (Å²) in [4.78, 5) is 22.9. The molecule has 1 unspecified atom stereocenters. The van der Waals surface area contributed by atoms with E-state index in [1.807, 2.05) is 0 Å². The number of hydrogen-bond acceptors (Lipinski definition) is 3. The molecule has 0 bridgehead atoms. The lowest BCUT2D eigenvalue weighted by Crippen LogP contribution is -2.27. The summed E-state index contributed by atoms with van der Waals surface area (Å²) < 4.78 is 4.54. The molecule has 0 heterocycles. The molecule has 1 aromatic carbocycles. The van der Waals surface area contributed by atoms with Gasteiger partial charge in [-0.1, -0.05) is 75.4 Å². The first-order chi connectivity index (χ1) is 12.8. The molecule has 1 aliphatic rings. The van der Waals surface area contributed by atoms with Gasteiger partial charge in [-0.3, -0.25) is 9.59 Å². The molecule has 1 atom stereocenters. The first kappa shape index (κ1) is 20.7. The zero-order valence-corrected chi connectivity index (χ0v) is 16.6. The van der Waals surface area contributed by atoms with Gasteiger partial charge in [-0.25, -0.2) is 0 Å². The molecule has 4 heteroatoms. The minimum atomic E-state index is -0.367. The number of carbonyl (C=O) groups is 2. The SMILES string of the molecule is COC(=O)CCC(=O)NCC(C)c1ccc(C2=CC=CC(C)(C)C=C2)cc1. The summed E-state index contributed by atoms with van der Waals surface area (Å²) in [6.07, 6.45) is 11.1. The Morgan fingerprint density at radius 1 is 1.11 bits per heavy atom. The summed E-state index contributed by atoms with van der Waals surface area (Å²) in [6.45, 7) is 6.98. The van der Waals surface area contributed by atoms with Crippen LogP contribution in [-0.4, -0.2) is 25.5 Å². The average Bonchev–Trinajstić information content (AvgIpc) is 2.84. The Hall–Kier alpha value is -2.62. The summed E-state index contributed by atoms with van der Waals surface area (Å²) in [5.41, 5.74) is 3.60. The first-order valence-corrected chi connectivity index (χ1v) is 9.33. The van der Waals surface area contributed by atoms with Gasteiger partial charge in [0.15, 0.2) is 0 Å². The maximum Gasteiger partial charge on any atom is 0.306 e. The van der Waals surface area contributed by atoms with E-state index in [0.717, 1.165) is 0 Å². The van der Waals surface area contributed by atoms with E-state index in [0.29, 0.717) is 6.54 Å². The van der Waals surface area contributed by atoms with Crippen LogP contribution < -0.4 is 5.32 Å². The van der Waals surface area contributed by atoms with Crippen LogP contribution in [0.25, 0.3) is 5.57 Å². The lowest BCUT2D eigenvalue weighted by Gasteiger charge is -2.14. The highest BCUT2D eigenvalue weighted by Gasteiger charge is 2.12. The van der Waals surface area contributed by atoms with Crippen molar-refractivity contribution >= 4 is 17.4 Å². The van der Waals surface area contributed by atoms with Crippen molar-refractivity contribution in [2.24, 2.45) is 5.41 Å². The molecule has 1 aliphatic carbocycles. The topological polar surface area (TPSA) is 55.4 Å². The highest BCUT2D eigenvalue weighted by atomic mass is 16.5. The fraction of sp³-hybridized carbons (Fsp3) is 0.391. The smallest absolute Gasteiger partial charge is 0.306 e. The first-order valence-electron chi connectivity index (χ1n) is 9.33. The van der Waals surface area contributed by atoms with Crippen molar-refractivity contribution in [1.29, 1.82) is 0 Å². The Balaban J connectivity index is 1.91. The number of ether oxygens (including phenoxy) is 1. The van der Waals surface area contributed by atoms with E-state index in [-0.39, 0.29) is 36.1 Å². The number of allylic oxidation sites excluding steroid dienone is 6. The second kappa shape index (κ2) is 9.36. The highest BCUT2D eigenvalue weighted by molar-refractivity contribution is 5.81. The Bertz CT molecular complexity index is 754. The van der Waals surface area contributed by atoms with Crippen LogP contribution in [0, 0.1) is 5.41 Å². The van der Waals surface area contributed by atoms with Crippen LogP contribution in [0.2, 0.25) is 0 Å². The Morgan fingerprint density at radius 3 is 2.48 bits per heavy atom. The normalized spacial score (nSPS) is 16.2. The van der Waals surface area contributed by atoms with Gasteiger partial charge >= 0.3 is 5.97 Å². The molecule has 1 aromatic rings. The third-order valence-electron chi connectivity index (χ3n) is 4.70. The Kier molecular flexibility index (Phi) is 7.17. The molecule has 1 amide bonds. The lowest BCUT2D eigenvalue weighted by atomic mass is 9.92. The fourth-order valence-electron chi connectivity index (χ4n) is 2.80. The molecule has 27 heavy (non-hydrogen) atoms. The zero-order chi connectivity index (χ0) is 19.9. The van der Waals surface area contributed by atoms with Gasteiger partial charge in [0, 0.05) is 18.4 Å². The molecule has 2 rings (SSSR count). The van der Waals surface area contributed by atoms with E-state index in [2.05, 4.69) is 85.5 Å². The van der Waals surface area contributed by atoms with Crippen LogP contribution >= 0.6 is 0 Å². The monoisotopic (exact) mass is 367 g/mol. The molecule has 144 valence electrons. The van der Waals surface area contributed by atoms with Gasteiger partial charge in [0.2, 0.25) is 5.91 Å². The summed E-state index contributed by atoms with van der Waals surface area (Å²) in [5, 5.41) is 2.88. The summed E-state index contributed by atoms with van der Waals surface area (Å²) in [5.74, 6) is -0.306. The van der Waals surface area contributed by atoms with Crippen molar-refractivity contribution in [2.45, 2.75) is 39.5 Å². The number of nitrogens with one attached hydrogen (secondary N) is 1. The number of hydrogen-bond donors (Lipinski definition) is 1. The van der Waals surface area contributed by atoms with E-state index in [4.69, 9.17) is 0 Å². The quantitative estimate of drug-likeness (QED) is 0.727. The minimum absolute atomic E-state index is 0.0682. The van der Waals surface area contributed by atoms with Crippen LogP contribution in [0.4, 0.5) is 0 Å². The van der Waals surface area contributed by atoms with Crippen molar-refractivity contribution in [3.05, 3.63) is 65.8 Å². The van der Waals surface area contributed by atoms with Crippen molar-refractivity contribution in [3.8, 4) is 0 Å². The zero-order valence-electron chi connectivity index (χ0n) is 16.6. The highest BCUT2D eigenvalue weighted by Crippen LogP contribution is 2.27. The molecule has 1 N–H and O–H groups in total. The van der Waals surface area contributed by atoms with Crippen LogP contribution in [0.3, 0.4) is 0 Å². The van der Waals surface area contributed by atoms with Gasteiger partial charge in [0.05, 0.1) is 13.5 Å². The Morgan fingerprint density at radius 2 is 1.81 bits per heavy atom. The van der Waals surface area contributed by atoms with Crippen molar-refractivity contribution in [1.82, 2.24) is 5.32 Å². The van der Waals surface area contributed by atoms with E-state index < -0.39 is 0 Å². The second-order valence-corrected chi connectivity index (χ2v) is 7.54. The van der Waals surface area contributed by atoms with E-state index in [1.165, 1.54) is 23.8 Å². The van der Waals surface area contributed by atoms with Gasteiger partial charge in [0.1, 0.15) is 0 Å². The standard InChI is InChI=1S/C23H29NO3/c1-17(16-24-21(25)11-12-22(26)27-4)18-7-9-20(10-8-18)19-6-5-14-23(2,3)15-13-19/h5-10,13-15,17H,11-12,16H2,1-4H3,(H,24,25). The Labute approximate surface area is 162 Å². The number of carbonyl (C=O) groups excluding carboxylic acids is 2. The third kappa shape index (κ3) is 6.55. The number of benzene rings is 1. The van der Waals surface area contributed by atoms with Gasteiger partial charge in [0.25, 0.3) is 0 Å². The van der Waals surface area contributed by atoms with Crippen molar-refractivity contribution < 1.29 is 14.3 Å². The predicted molar refractivity (Wildman–Crippen MR) is 109 cm³/mol. The van der Waals surface area contributed by atoms with Gasteiger partial charge in [-0.05, 0) is 22.6 Å². The molecule has 0 spiro atoms. The average molecular weight is 367 g/mol. The molecular weight excluding hydrogens is 338 g/mol. The van der Waals surface area contributed by atoms with Crippen LogP contribution in [-0.2, 0) is 14.3 Å². The van der Waals surface area contributed by atoms with Crippen molar-refractivity contribution in [2.75, 3.05) is 13.7 Å². The summed E-state index contributed by atoms with van der Waals surface area (Å²) >= 11 is 0. The van der Waals surface area contributed by atoms with Crippen molar-refractivity contribution in [3.63, 3.8) is 0 Å². The molecule has 0 saturated carbocycles. The van der Waals surface area contributed by atoms with Crippen LogP contribution in [0.5, 0.6) is 0 Å². The maximum atomic E-state index is 11.8. The summed E-state index contributed by atoms with van der Waals surface area (Å²) in [7, 11) is 1.32. The maximum absolute atomic E-state index is 11.8. The van der Waals surface area contributed by atoms with Gasteiger partial charge in [-0.2, -0.15) is 0 Å². The number of methoxy groups -OCH3 is 1. The van der Waals surface area contributed by atoms with Crippen LogP contribution in [0.15, 0.2) is 54.6 Å². The largest absolute Gasteiger partial charge is 0.469 e. The predicted octanol–water partition coefficient (Wildman–Crippen LogP) is 4.40. The van der Waals surface area contributed by atoms with E-state index in [9.17, 15) is 9.59 Å². The third-order valence-corrected chi connectivity index (χ3v) is 4.70. The summed E-state index contributed by atoms with van der Waals surface area (Å²) in [6, 6.07) is 8.45. The van der Waals surface area contributed by atoms with E-state index in [1.54, 1.807) is 0 Å². The lowest BCUT2D eigenvalue weighted by molar-refractivity contribution is -0.142. The molecular formula is C23H29NO3. The number of amides is 1. The molecule has 0 radical (unpaired) electrons.